The predicted octanol–water partition coefficient (Wildman–Crippen LogP) is 4.85. The van der Waals surface area contributed by atoms with Gasteiger partial charge in [-0.1, -0.05) is 24.3 Å². The van der Waals surface area contributed by atoms with Crippen molar-refractivity contribution in [3.05, 3.63) is 65.5 Å². The van der Waals surface area contributed by atoms with E-state index in [0.29, 0.717) is 11.3 Å². The number of para-hydroxylation sites is 2. The second kappa shape index (κ2) is 4.78. The number of rotatable bonds is 1. The standard InChI is InChI=1S/C16H11F3N2S/c17-16(18,19)11-5-3-4-10(8-11)15-21-13-7-2-1-6-12(13)20-14(21)9-22-15/h1-8,15H,9H2/t15-/m0/s1. The van der Waals surface area contributed by atoms with Crippen LogP contribution in [-0.4, -0.2) is 9.55 Å². The Morgan fingerprint density at radius 3 is 2.73 bits per heavy atom. The SMILES string of the molecule is FC(F)(F)c1cccc([C@@H]2SCc3nc4ccccc4n32)c1. The summed E-state index contributed by atoms with van der Waals surface area (Å²) in [5.41, 5.74) is 1.89. The van der Waals surface area contributed by atoms with E-state index >= 15 is 0 Å². The van der Waals surface area contributed by atoms with E-state index in [0.717, 1.165) is 22.9 Å². The molecule has 0 N–H and O–H groups in total. The molecule has 3 aromatic rings. The summed E-state index contributed by atoms with van der Waals surface area (Å²) in [4.78, 5) is 4.56. The summed E-state index contributed by atoms with van der Waals surface area (Å²) in [6, 6.07) is 13.3. The Hall–Kier alpha value is -1.95. The molecule has 0 amide bonds. The molecule has 0 saturated heterocycles. The van der Waals surface area contributed by atoms with E-state index in [1.165, 1.54) is 12.1 Å². The van der Waals surface area contributed by atoms with Crippen molar-refractivity contribution in [2.24, 2.45) is 0 Å². The van der Waals surface area contributed by atoms with Crippen LogP contribution in [-0.2, 0) is 11.9 Å². The molecular formula is C16H11F3N2S. The zero-order valence-electron chi connectivity index (χ0n) is 11.3. The lowest BCUT2D eigenvalue weighted by Gasteiger charge is -2.16. The number of alkyl halides is 3. The molecular weight excluding hydrogens is 309 g/mol. The molecule has 0 radical (unpaired) electrons. The van der Waals surface area contributed by atoms with Crippen LogP contribution in [0, 0.1) is 0 Å². The van der Waals surface area contributed by atoms with Crippen LogP contribution in [0.2, 0.25) is 0 Å². The Morgan fingerprint density at radius 1 is 1.09 bits per heavy atom. The van der Waals surface area contributed by atoms with E-state index in [4.69, 9.17) is 0 Å². The molecule has 112 valence electrons. The molecule has 2 heterocycles. The molecule has 6 heteroatoms. The highest BCUT2D eigenvalue weighted by molar-refractivity contribution is 7.99. The summed E-state index contributed by atoms with van der Waals surface area (Å²) in [5, 5.41) is -0.162. The number of thioether (sulfide) groups is 1. The first kappa shape index (κ1) is 13.7. The van der Waals surface area contributed by atoms with Gasteiger partial charge in [0, 0.05) is 0 Å². The molecule has 0 unspecified atom stereocenters. The molecule has 1 aliphatic rings. The van der Waals surface area contributed by atoms with Crippen molar-refractivity contribution in [2.75, 3.05) is 0 Å². The second-order valence-electron chi connectivity index (χ2n) is 5.17. The first-order valence-electron chi connectivity index (χ1n) is 6.78. The molecule has 2 aromatic carbocycles. The number of hydrogen-bond acceptors (Lipinski definition) is 2. The van der Waals surface area contributed by atoms with Gasteiger partial charge in [-0.25, -0.2) is 4.98 Å². The van der Waals surface area contributed by atoms with Crippen molar-refractivity contribution in [2.45, 2.75) is 17.3 Å². The van der Waals surface area contributed by atoms with Crippen LogP contribution in [0.5, 0.6) is 0 Å². The van der Waals surface area contributed by atoms with Crippen LogP contribution < -0.4 is 0 Å². The van der Waals surface area contributed by atoms with Gasteiger partial charge in [0.15, 0.2) is 0 Å². The maximum atomic E-state index is 12.9. The molecule has 22 heavy (non-hydrogen) atoms. The summed E-state index contributed by atoms with van der Waals surface area (Å²) < 4.78 is 40.8. The number of imidazole rings is 1. The van der Waals surface area contributed by atoms with Gasteiger partial charge in [0.1, 0.15) is 11.2 Å². The lowest BCUT2D eigenvalue weighted by molar-refractivity contribution is -0.137. The zero-order chi connectivity index (χ0) is 15.3. The first-order valence-corrected chi connectivity index (χ1v) is 7.83. The third-order valence-electron chi connectivity index (χ3n) is 3.77. The topological polar surface area (TPSA) is 17.8 Å². The van der Waals surface area contributed by atoms with Crippen molar-refractivity contribution >= 4 is 22.8 Å². The third kappa shape index (κ3) is 2.09. The number of hydrogen-bond donors (Lipinski definition) is 0. The van der Waals surface area contributed by atoms with Crippen molar-refractivity contribution in [3.63, 3.8) is 0 Å². The lowest BCUT2D eigenvalue weighted by atomic mass is 10.1. The van der Waals surface area contributed by atoms with Crippen molar-refractivity contribution in [3.8, 4) is 0 Å². The summed E-state index contributed by atoms with van der Waals surface area (Å²) >= 11 is 1.60. The first-order chi connectivity index (χ1) is 10.5. The average molecular weight is 320 g/mol. The van der Waals surface area contributed by atoms with Gasteiger partial charge in [0.25, 0.3) is 0 Å². The quantitative estimate of drug-likeness (QED) is 0.638. The minimum atomic E-state index is -4.32. The number of benzene rings is 2. The van der Waals surface area contributed by atoms with Crippen LogP contribution in [0.15, 0.2) is 48.5 Å². The second-order valence-corrected chi connectivity index (χ2v) is 6.24. The van der Waals surface area contributed by atoms with E-state index in [2.05, 4.69) is 4.98 Å². The van der Waals surface area contributed by atoms with Gasteiger partial charge in [-0.15, -0.1) is 11.8 Å². The van der Waals surface area contributed by atoms with Gasteiger partial charge in [0.2, 0.25) is 0 Å². The fraction of sp³-hybridized carbons (Fsp3) is 0.188. The number of aromatic nitrogens is 2. The fourth-order valence-corrected chi connectivity index (χ4v) is 4.03. The highest BCUT2D eigenvalue weighted by Gasteiger charge is 2.33. The van der Waals surface area contributed by atoms with E-state index in [1.54, 1.807) is 17.8 Å². The lowest BCUT2D eigenvalue weighted by Crippen LogP contribution is -2.08. The molecule has 0 saturated carbocycles. The smallest absolute Gasteiger partial charge is 0.310 e. The largest absolute Gasteiger partial charge is 0.416 e. The summed E-state index contributed by atoms with van der Waals surface area (Å²) in [6.07, 6.45) is -4.32. The fourth-order valence-electron chi connectivity index (χ4n) is 2.80. The Labute approximate surface area is 129 Å². The summed E-state index contributed by atoms with van der Waals surface area (Å²) in [7, 11) is 0. The zero-order valence-corrected chi connectivity index (χ0v) is 12.2. The van der Waals surface area contributed by atoms with E-state index in [1.807, 2.05) is 28.8 Å². The van der Waals surface area contributed by atoms with Crippen LogP contribution in [0.3, 0.4) is 0 Å². The Morgan fingerprint density at radius 2 is 1.91 bits per heavy atom. The minimum absolute atomic E-state index is 0.162. The van der Waals surface area contributed by atoms with Crippen LogP contribution >= 0.6 is 11.8 Å². The van der Waals surface area contributed by atoms with Gasteiger partial charge >= 0.3 is 6.18 Å². The molecule has 0 fully saturated rings. The molecule has 4 rings (SSSR count). The number of nitrogens with zero attached hydrogens (tertiary/aromatic N) is 2. The molecule has 1 aliphatic heterocycles. The van der Waals surface area contributed by atoms with E-state index in [-0.39, 0.29) is 5.37 Å². The molecule has 0 bridgehead atoms. The van der Waals surface area contributed by atoms with Gasteiger partial charge in [-0.3, -0.25) is 0 Å². The van der Waals surface area contributed by atoms with Crippen LogP contribution in [0.1, 0.15) is 22.3 Å². The highest BCUT2D eigenvalue weighted by atomic mass is 32.2. The summed E-state index contributed by atoms with van der Waals surface area (Å²) in [5.74, 6) is 1.61. The number of fused-ring (bicyclic) bond motifs is 3. The van der Waals surface area contributed by atoms with Crippen molar-refractivity contribution in [1.82, 2.24) is 9.55 Å². The Bertz CT molecular complexity index is 854. The maximum absolute atomic E-state index is 12.9. The Balaban J connectivity index is 1.84. The minimum Gasteiger partial charge on any atom is -0.310 e. The average Bonchev–Trinajstić information content (AvgIpc) is 3.05. The normalized spacial score (nSPS) is 17.9. The molecule has 1 aromatic heterocycles. The van der Waals surface area contributed by atoms with Gasteiger partial charge in [-0.2, -0.15) is 13.2 Å². The third-order valence-corrected chi connectivity index (χ3v) is 5.00. The van der Waals surface area contributed by atoms with Gasteiger partial charge in [0.05, 0.1) is 22.3 Å². The van der Waals surface area contributed by atoms with E-state index in [9.17, 15) is 13.2 Å². The molecule has 0 aliphatic carbocycles. The van der Waals surface area contributed by atoms with Gasteiger partial charge < -0.3 is 4.57 Å². The monoisotopic (exact) mass is 320 g/mol. The van der Waals surface area contributed by atoms with E-state index < -0.39 is 11.7 Å². The molecule has 0 spiro atoms. The van der Waals surface area contributed by atoms with Crippen molar-refractivity contribution in [1.29, 1.82) is 0 Å². The molecule has 1 atom stereocenters. The predicted molar refractivity (Wildman–Crippen MR) is 80.6 cm³/mol. The highest BCUT2D eigenvalue weighted by Crippen LogP contribution is 2.43. The van der Waals surface area contributed by atoms with Gasteiger partial charge in [-0.05, 0) is 29.8 Å². The number of halogens is 3. The Kier molecular flexibility index (Phi) is 2.97. The maximum Gasteiger partial charge on any atom is 0.416 e. The molecule has 2 nitrogen and oxygen atoms in total. The summed E-state index contributed by atoms with van der Waals surface area (Å²) in [6.45, 7) is 0. The van der Waals surface area contributed by atoms with Crippen molar-refractivity contribution < 1.29 is 13.2 Å². The van der Waals surface area contributed by atoms with Crippen LogP contribution in [0.25, 0.3) is 11.0 Å². The van der Waals surface area contributed by atoms with Crippen LogP contribution in [0.4, 0.5) is 13.2 Å².